The van der Waals surface area contributed by atoms with Crippen LogP contribution >= 0.6 is 0 Å². The van der Waals surface area contributed by atoms with Crippen LogP contribution in [0.4, 0.5) is 5.95 Å². The molecule has 0 unspecified atom stereocenters. The van der Waals surface area contributed by atoms with Crippen molar-refractivity contribution in [1.29, 1.82) is 0 Å². The fourth-order valence-electron chi connectivity index (χ4n) is 1.73. The van der Waals surface area contributed by atoms with Gasteiger partial charge < -0.3 is 14.5 Å². The Morgan fingerprint density at radius 2 is 2.18 bits per heavy atom. The summed E-state index contributed by atoms with van der Waals surface area (Å²) in [5.41, 5.74) is 1.04. The largest absolute Gasteiger partial charge is 0.353 e. The van der Waals surface area contributed by atoms with E-state index in [1.165, 1.54) is 0 Å². The zero-order valence-corrected chi connectivity index (χ0v) is 10.6. The highest BCUT2D eigenvalue weighted by atomic mass is 15.2. The van der Waals surface area contributed by atoms with Crippen molar-refractivity contribution in [3.63, 3.8) is 0 Å². The average Bonchev–Trinajstić information content (AvgIpc) is 2.84. The van der Waals surface area contributed by atoms with Gasteiger partial charge in [-0.1, -0.05) is 0 Å². The van der Waals surface area contributed by atoms with Crippen LogP contribution in [-0.2, 0) is 13.1 Å². The monoisotopic (exact) mass is 233 g/mol. The summed E-state index contributed by atoms with van der Waals surface area (Å²) in [6.07, 6.45) is 7.67. The van der Waals surface area contributed by atoms with E-state index in [0.29, 0.717) is 6.04 Å². The van der Waals surface area contributed by atoms with Crippen LogP contribution < -0.4 is 5.32 Å². The Hall–Kier alpha value is -1.78. The molecule has 0 radical (unpaired) electrons. The predicted molar refractivity (Wildman–Crippen MR) is 67.9 cm³/mol. The molecule has 2 rings (SSSR count). The first kappa shape index (κ1) is 11.7. The van der Waals surface area contributed by atoms with Crippen molar-refractivity contribution in [3.8, 4) is 0 Å². The fraction of sp³-hybridized carbons (Fsp3) is 0.500. The lowest BCUT2D eigenvalue weighted by molar-refractivity contribution is 0.579. The first-order valence-corrected chi connectivity index (χ1v) is 5.91. The Bertz CT molecular complexity index is 455. The van der Waals surface area contributed by atoms with Gasteiger partial charge >= 0.3 is 0 Å². The maximum Gasteiger partial charge on any atom is 0.203 e. The molecule has 0 amide bonds. The van der Waals surface area contributed by atoms with Crippen molar-refractivity contribution in [3.05, 3.63) is 30.6 Å². The van der Waals surface area contributed by atoms with Crippen LogP contribution in [0.3, 0.4) is 0 Å². The first-order valence-electron chi connectivity index (χ1n) is 5.91. The molecule has 1 N–H and O–H groups in total. The maximum atomic E-state index is 4.48. The molecule has 0 aliphatic carbocycles. The average molecular weight is 233 g/mol. The molecule has 0 spiro atoms. The van der Waals surface area contributed by atoms with Crippen molar-refractivity contribution in [1.82, 2.24) is 19.1 Å². The third-order valence-electron chi connectivity index (χ3n) is 2.47. The molecule has 0 bridgehead atoms. The van der Waals surface area contributed by atoms with Gasteiger partial charge in [-0.2, -0.15) is 0 Å². The van der Waals surface area contributed by atoms with E-state index in [1.54, 1.807) is 6.20 Å². The molecule has 0 fully saturated rings. The van der Waals surface area contributed by atoms with E-state index in [-0.39, 0.29) is 0 Å². The maximum absolute atomic E-state index is 4.48. The minimum Gasteiger partial charge on any atom is -0.353 e. The molecule has 0 saturated heterocycles. The first-order chi connectivity index (χ1) is 8.15. The number of anilines is 1. The molecular weight excluding hydrogens is 214 g/mol. The summed E-state index contributed by atoms with van der Waals surface area (Å²) in [5, 5.41) is 3.35. The minimum absolute atomic E-state index is 0.392. The molecular formula is C12H19N5. The highest BCUT2D eigenvalue weighted by Gasteiger charge is 2.06. The quantitative estimate of drug-likeness (QED) is 0.858. The molecule has 0 aliphatic heterocycles. The van der Waals surface area contributed by atoms with E-state index in [4.69, 9.17) is 0 Å². The third-order valence-corrected chi connectivity index (χ3v) is 2.47. The lowest BCUT2D eigenvalue weighted by Crippen LogP contribution is -2.16. The van der Waals surface area contributed by atoms with Gasteiger partial charge in [-0.25, -0.2) is 9.97 Å². The number of hydrogen-bond donors (Lipinski definition) is 1. The second-order valence-corrected chi connectivity index (χ2v) is 4.50. The Kier molecular flexibility index (Phi) is 3.46. The molecule has 2 aromatic heterocycles. The van der Waals surface area contributed by atoms with Crippen LogP contribution in [0, 0.1) is 6.92 Å². The van der Waals surface area contributed by atoms with E-state index in [9.17, 15) is 0 Å². The van der Waals surface area contributed by atoms with E-state index in [0.717, 1.165) is 24.7 Å². The molecule has 0 aliphatic rings. The second-order valence-electron chi connectivity index (χ2n) is 4.50. The Morgan fingerprint density at radius 1 is 1.35 bits per heavy atom. The molecule has 0 aromatic carbocycles. The molecule has 2 heterocycles. The Balaban J connectivity index is 2.04. The molecule has 92 valence electrons. The molecule has 0 saturated carbocycles. The number of aromatic nitrogens is 4. The summed E-state index contributed by atoms with van der Waals surface area (Å²) in [7, 11) is 0. The van der Waals surface area contributed by atoms with Gasteiger partial charge in [-0.3, -0.25) is 0 Å². The number of aryl methyl sites for hydroxylation is 3. The Labute approximate surface area is 102 Å². The summed E-state index contributed by atoms with van der Waals surface area (Å²) in [4.78, 5) is 8.51. The number of imidazole rings is 2. The van der Waals surface area contributed by atoms with Crippen LogP contribution in [0.2, 0.25) is 0 Å². The zero-order chi connectivity index (χ0) is 12.3. The molecule has 5 heteroatoms. The van der Waals surface area contributed by atoms with Crippen LogP contribution in [-0.4, -0.2) is 25.1 Å². The highest BCUT2D eigenvalue weighted by molar-refractivity contribution is 5.29. The van der Waals surface area contributed by atoms with Crippen molar-refractivity contribution in [2.75, 3.05) is 5.32 Å². The third kappa shape index (κ3) is 3.09. The van der Waals surface area contributed by atoms with Gasteiger partial charge in [0.15, 0.2) is 0 Å². The lowest BCUT2D eigenvalue weighted by Gasteiger charge is -2.12. The van der Waals surface area contributed by atoms with Crippen molar-refractivity contribution in [2.45, 2.75) is 39.9 Å². The van der Waals surface area contributed by atoms with E-state index in [2.05, 4.69) is 44.5 Å². The fourth-order valence-corrected chi connectivity index (χ4v) is 1.73. The van der Waals surface area contributed by atoms with E-state index < -0.39 is 0 Å². The van der Waals surface area contributed by atoms with Crippen molar-refractivity contribution < 1.29 is 0 Å². The Morgan fingerprint density at radius 3 is 2.82 bits per heavy atom. The summed E-state index contributed by atoms with van der Waals surface area (Å²) in [6.45, 7) is 8.04. The van der Waals surface area contributed by atoms with Gasteiger partial charge in [0.2, 0.25) is 5.95 Å². The van der Waals surface area contributed by atoms with Crippen molar-refractivity contribution >= 4 is 5.95 Å². The summed E-state index contributed by atoms with van der Waals surface area (Å²) in [6, 6.07) is 0.392. The van der Waals surface area contributed by atoms with Gasteiger partial charge in [-0.05, 0) is 20.8 Å². The van der Waals surface area contributed by atoms with Crippen molar-refractivity contribution in [2.24, 2.45) is 0 Å². The number of hydrogen-bond acceptors (Lipinski definition) is 3. The molecule has 5 nitrogen and oxygen atoms in total. The summed E-state index contributed by atoms with van der Waals surface area (Å²) in [5.74, 6) is 0.942. The van der Waals surface area contributed by atoms with E-state index in [1.807, 2.05) is 19.4 Å². The summed E-state index contributed by atoms with van der Waals surface area (Å²) >= 11 is 0. The highest BCUT2D eigenvalue weighted by Crippen LogP contribution is 2.10. The van der Waals surface area contributed by atoms with Crippen LogP contribution in [0.25, 0.3) is 0 Å². The lowest BCUT2D eigenvalue weighted by atomic mass is 10.4. The van der Waals surface area contributed by atoms with Crippen LogP contribution in [0.15, 0.2) is 24.9 Å². The second kappa shape index (κ2) is 5.03. The number of rotatable bonds is 5. The van der Waals surface area contributed by atoms with E-state index >= 15 is 0 Å². The normalized spacial score (nSPS) is 11.1. The SMILES string of the molecule is Cc1cn(CCn2ccnc2)c(NC(C)C)n1. The standard InChI is InChI=1S/C12H19N5/c1-10(2)14-12-15-11(3)8-17(12)7-6-16-5-4-13-9-16/h4-5,8-10H,6-7H2,1-3H3,(H,14,15). The van der Waals surface area contributed by atoms with Gasteiger partial charge in [0.05, 0.1) is 12.0 Å². The minimum atomic E-state index is 0.392. The van der Waals surface area contributed by atoms with Gasteiger partial charge in [0, 0.05) is 37.7 Å². The smallest absolute Gasteiger partial charge is 0.203 e. The molecule has 0 atom stereocenters. The van der Waals surface area contributed by atoms with Crippen LogP contribution in [0.5, 0.6) is 0 Å². The number of nitrogens with zero attached hydrogens (tertiary/aromatic N) is 4. The van der Waals surface area contributed by atoms with Crippen LogP contribution in [0.1, 0.15) is 19.5 Å². The topological polar surface area (TPSA) is 47.7 Å². The van der Waals surface area contributed by atoms with Gasteiger partial charge in [0.25, 0.3) is 0 Å². The number of nitrogens with one attached hydrogen (secondary N) is 1. The zero-order valence-electron chi connectivity index (χ0n) is 10.6. The van der Waals surface area contributed by atoms with Gasteiger partial charge in [-0.15, -0.1) is 0 Å². The van der Waals surface area contributed by atoms with Gasteiger partial charge in [0.1, 0.15) is 0 Å². The molecule has 2 aromatic rings. The predicted octanol–water partition coefficient (Wildman–Crippen LogP) is 1.91. The molecule has 17 heavy (non-hydrogen) atoms. The summed E-state index contributed by atoms with van der Waals surface area (Å²) < 4.78 is 4.21.